The molecule has 0 spiro atoms. The number of amides is 4. The Hall–Kier alpha value is -2.57. The van der Waals surface area contributed by atoms with Gasteiger partial charge in [-0.2, -0.15) is 0 Å². The van der Waals surface area contributed by atoms with E-state index in [9.17, 15) is 14.4 Å². The van der Waals surface area contributed by atoms with E-state index >= 15 is 0 Å². The van der Waals surface area contributed by atoms with Gasteiger partial charge in [0, 0.05) is 55.8 Å². The average Bonchev–Trinajstić information content (AvgIpc) is 3.27. The zero-order chi connectivity index (χ0) is 18.3. The Morgan fingerprint density at radius 3 is 2.81 bits per heavy atom. The summed E-state index contributed by atoms with van der Waals surface area (Å²) in [6, 6.07) is 5.72. The van der Waals surface area contributed by atoms with Crippen LogP contribution in [0.25, 0.3) is 0 Å². The Balaban J connectivity index is 1.39. The summed E-state index contributed by atoms with van der Waals surface area (Å²) in [4.78, 5) is 40.1. The van der Waals surface area contributed by atoms with E-state index in [0.29, 0.717) is 37.7 Å². The molecule has 26 heavy (non-hydrogen) atoms. The predicted octanol–water partition coefficient (Wildman–Crippen LogP) is 1.27. The van der Waals surface area contributed by atoms with Gasteiger partial charge >= 0.3 is 6.03 Å². The van der Waals surface area contributed by atoms with Gasteiger partial charge in [0.1, 0.15) is 0 Å². The molecule has 138 valence electrons. The predicted molar refractivity (Wildman–Crippen MR) is 97.1 cm³/mol. The average molecular weight is 356 g/mol. The molecule has 2 heterocycles. The summed E-state index contributed by atoms with van der Waals surface area (Å²) in [5.41, 5.74) is 2.26. The van der Waals surface area contributed by atoms with Crippen molar-refractivity contribution in [3.8, 4) is 0 Å². The summed E-state index contributed by atoms with van der Waals surface area (Å²) in [6.07, 6.45) is 2.74. The van der Waals surface area contributed by atoms with Crippen LogP contribution in [0, 0.1) is 12.8 Å². The Bertz CT molecular complexity index is 759. The second-order valence-electron chi connectivity index (χ2n) is 7.44. The number of benzene rings is 1. The number of nitrogens with zero attached hydrogens (tertiary/aromatic N) is 2. The molecule has 2 saturated heterocycles. The molecule has 7 nitrogen and oxygen atoms in total. The first-order chi connectivity index (χ1) is 12.5. The van der Waals surface area contributed by atoms with Gasteiger partial charge in [-0.05, 0) is 37.5 Å². The van der Waals surface area contributed by atoms with Crippen LogP contribution in [-0.2, 0) is 4.79 Å². The maximum absolute atomic E-state index is 12.5. The molecule has 7 heteroatoms. The molecule has 4 rings (SSSR count). The number of nitrogens with one attached hydrogen (secondary N) is 2. The van der Waals surface area contributed by atoms with Gasteiger partial charge in [0.2, 0.25) is 5.91 Å². The van der Waals surface area contributed by atoms with Gasteiger partial charge in [0.25, 0.3) is 5.91 Å². The van der Waals surface area contributed by atoms with E-state index in [1.165, 1.54) is 0 Å². The molecule has 1 aromatic rings. The Morgan fingerprint density at radius 1 is 1.31 bits per heavy atom. The Kier molecular flexibility index (Phi) is 4.30. The topological polar surface area (TPSA) is 81.8 Å². The first-order valence-electron chi connectivity index (χ1n) is 9.26. The maximum atomic E-state index is 12.5. The SMILES string of the molecule is Cc1ccc(C(=O)NC[C@@H]2CC(=O)N(C3CC3)C2)cc1N1CCNC1=O. The second kappa shape index (κ2) is 6.63. The number of likely N-dealkylation sites (tertiary alicyclic amines) is 1. The molecule has 0 aromatic heterocycles. The molecule has 0 unspecified atom stereocenters. The van der Waals surface area contributed by atoms with Crippen molar-refractivity contribution in [1.82, 2.24) is 15.5 Å². The minimum Gasteiger partial charge on any atom is -0.352 e. The zero-order valence-electron chi connectivity index (χ0n) is 15.0. The van der Waals surface area contributed by atoms with Crippen LogP contribution in [0.4, 0.5) is 10.5 Å². The number of carbonyl (C=O) groups excluding carboxylic acids is 3. The molecule has 1 aromatic carbocycles. The van der Waals surface area contributed by atoms with Crippen molar-refractivity contribution in [3.63, 3.8) is 0 Å². The third kappa shape index (κ3) is 3.25. The van der Waals surface area contributed by atoms with E-state index in [2.05, 4.69) is 10.6 Å². The third-order valence-corrected chi connectivity index (χ3v) is 5.40. The van der Waals surface area contributed by atoms with Crippen molar-refractivity contribution >= 4 is 23.5 Å². The number of hydrogen-bond donors (Lipinski definition) is 2. The fraction of sp³-hybridized carbons (Fsp3) is 0.526. The molecular weight excluding hydrogens is 332 g/mol. The van der Waals surface area contributed by atoms with Gasteiger partial charge in [-0.3, -0.25) is 14.5 Å². The largest absolute Gasteiger partial charge is 0.352 e. The Morgan fingerprint density at radius 2 is 2.12 bits per heavy atom. The van der Waals surface area contributed by atoms with Gasteiger partial charge in [-0.1, -0.05) is 6.07 Å². The van der Waals surface area contributed by atoms with Gasteiger partial charge in [0.05, 0.1) is 0 Å². The lowest BCUT2D eigenvalue weighted by atomic mass is 10.1. The summed E-state index contributed by atoms with van der Waals surface area (Å²) in [7, 11) is 0. The number of rotatable bonds is 5. The maximum Gasteiger partial charge on any atom is 0.322 e. The van der Waals surface area contributed by atoms with Crippen LogP contribution >= 0.6 is 0 Å². The lowest BCUT2D eigenvalue weighted by Gasteiger charge is -2.18. The number of anilines is 1. The van der Waals surface area contributed by atoms with Gasteiger partial charge in [-0.25, -0.2) is 4.79 Å². The number of urea groups is 1. The van der Waals surface area contributed by atoms with Crippen molar-refractivity contribution in [3.05, 3.63) is 29.3 Å². The molecule has 2 aliphatic heterocycles. The summed E-state index contributed by atoms with van der Waals surface area (Å²) >= 11 is 0. The first kappa shape index (κ1) is 16.9. The number of carbonyl (C=O) groups is 3. The standard InChI is InChI=1S/C19H24N4O3/c1-12-2-3-14(9-16(12)22-7-6-20-19(22)26)18(25)21-10-13-8-17(24)23(11-13)15-4-5-15/h2-3,9,13,15H,4-8,10-11H2,1H3,(H,20,26)(H,21,25)/t13-/m0/s1. The van der Waals surface area contributed by atoms with Crippen molar-refractivity contribution < 1.29 is 14.4 Å². The van der Waals surface area contributed by atoms with Crippen LogP contribution in [0.2, 0.25) is 0 Å². The molecule has 3 aliphatic rings. The highest BCUT2D eigenvalue weighted by atomic mass is 16.2. The molecule has 3 fully saturated rings. The van der Waals surface area contributed by atoms with Crippen LogP contribution in [-0.4, -0.2) is 55.0 Å². The molecule has 0 bridgehead atoms. The smallest absolute Gasteiger partial charge is 0.322 e. The quantitative estimate of drug-likeness (QED) is 0.833. The third-order valence-electron chi connectivity index (χ3n) is 5.40. The number of hydrogen-bond acceptors (Lipinski definition) is 3. The fourth-order valence-corrected chi connectivity index (χ4v) is 3.77. The normalized spacial score (nSPS) is 22.7. The van der Waals surface area contributed by atoms with Crippen molar-refractivity contribution in [1.29, 1.82) is 0 Å². The highest BCUT2D eigenvalue weighted by Crippen LogP contribution is 2.32. The van der Waals surface area contributed by atoms with Gasteiger partial charge in [-0.15, -0.1) is 0 Å². The minimum atomic E-state index is -0.164. The zero-order valence-corrected chi connectivity index (χ0v) is 15.0. The summed E-state index contributed by atoms with van der Waals surface area (Å²) in [6.45, 7) is 4.39. The molecule has 4 amide bonds. The summed E-state index contributed by atoms with van der Waals surface area (Å²) in [5.74, 6) is 0.230. The lowest BCUT2D eigenvalue weighted by molar-refractivity contribution is -0.128. The van der Waals surface area contributed by atoms with Gasteiger partial charge < -0.3 is 15.5 Å². The van der Waals surface area contributed by atoms with Gasteiger partial charge in [0.15, 0.2) is 0 Å². The Labute approximate surface area is 152 Å². The van der Waals surface area contributed by atoms with Crippen LogP contribution in [0.5, 0.6) is 0 Å². The molecule has 1 saturated carbocycles. The van der Waals surface area contributed by atoms with Crippen molar-refractivity contribution in [2.24, 2.45) is 5.92 Å². The van der Waals surface area contributed by atoms with Crippen LogP contribution in [0.3, 0.4) is 0 Å². The van der Waals surface area contributed by atoms with Crippen LogP contribution in [0.1, 0.15) is 35.2 Å². The van der Waals surface area contributed by atoms with E-state index in [4.69, 9.17) is 0 Å². The highest BCUT2D eigenvalue weighted by Gasteiger charge is 2.39. The van der Waals surface area contributed by atoms with E-state index in [1.54, 1.807) is 17.0 Å². The molecule has 1 atom stereocenters. The molecule has 2 N–H and O–H groups in total. The molecular formula is C19H24N4O3. The van der Waals surface area contributed by atoms with E-state index < -0.39 is 0 Å². The monoisotopic (exact) mass is 356 g/mol. The number of aryl methyl sites for hydroxylation is 1. The lowest BCUT2D eigenvalue weighted by Crippen LogP contribution is -2.32. The van der Waals surface area contributed by atoms with Crippen molar-refractivity contribution in [2.75, 3.05) is 31.1 Å². The molecule has 1 aliphatic carbocycles. The fourth-order valence-electron chi connectivity index (χ4n) is 3.77. The summed E-state index contributed by atoms with van der Waals surface area (Å²) < 4.78 is 0. The minimum absolute atomic E-state index is 0.129. The molecule has 0 radical (unpaired) electrons. The van der Waals surface area contributed by atoms with Crippen molar-refractivity contribution in [2.45, 2.75) is 32.2 Å². The summed E-state index contributed by atoms with van der Waals surface area (Å²) in [5, 5.41) is 5.73. The van der Waals surface area contributed by atoms with E-state index in [1.807, 2.05) is 17.9 Å². The van der Waals surface area contributed by atoms with Crippen LogP contribution in [0.15, 0.2) is 18.2 Å². The van der Waals surface area contributed by atoms with Crippen LogP contribution < -0.4 is 15.5 Å². The first-order valence-corrected chi connectivity index (χ1v) is 9.26. The van der Waals surface area contributed by atoms with E-state index in [0.717, 1.165) is 30.6 Å². The second-order valence-corrected chi connectivity index (χ2v) is 7.44. The highest BCUT2D eigenvalue weighted by molar-refractivity contribution is 5.99. The van der Waals surface area contributed by atoms with E-state index in [-0.39, 0.29) is 23.8 Å².